The molecule has 0 saturated heterocycles. The van der Waals surface area contributed by atoms with Crippen LogP contribution in [0.15, 0.2) is 18.2 Å². The topological polar surface area (TPSA) is 12.0 Å². The van der Waals surface area contributed by atoms with E-state index in [1.165, 1.54) is 11.1 Å². The maximum atomic E-state index is 12.0. The average Bonchev–Trinajstić information content (AvgIpc) is 2.62. The van der Waals surface area contributed by atoms with Crippen molar-refractivity contribution >= 4 is 11.6 Å². The quantitative estimate of drug-likeness (QED) is 0.779. The van der Waals surface area contributed by atoms with Gasteiger partial charge in [0, 0.05) is 11.1 Å². The van der Waals surface area contributed by atoms with E-state index in [1.807, 2.05) is 12.1 Å². The molecule has 1 aliphatic carbocycles. The van der Waals surface area contributed by atoms with Gasteiger partial charge in [0.05, 0.1) is 6.67 Å². The monoisotopic (exact) mass is 227 g/mol. The van der Waals surface area contributed by atoms with Crippen LogP contribution in [-0.2, 0) is 6.42 Å². The Morgan fingerprint density at radius 3 is 3.13 bits per heavy atom. The number of halogens is 2. The Morgan fingerprint density at radius 2 is 2.33 bits per heavy atom. The summed E-state index contributed by atoms with van der Waals surface area (Å²) in [6.07, 6.45) is 2.79. The van der Waals surface area contributed by atoms with Crippen LogP contribution in [0, 0.1) is 0 Å². The van der Waals surface area contributed by atoms with Crippen molar-refractivity contribution in [3.8, 4) is 0 Å². The highest BCUT2D eigenvalue weighted by Gasteiger charge is 2.21. The molecule has 1 atom stereocenters. The summed E-state index contributed by atoms with van der Waals surface area (Å²) >= 11 is 5.96. The van der Waals surface area contributed by atoms with E-state index in [2.05, 4.69) is 11.4 Å². The van der Waals surface area contributed by atoms with Crippen molar-refractivity contribution in [2.45, 2.75) is 25.3 Å². The molecule has 1 aliphatic rings. The summed E-state index contributed by atoms with van der Waals surface area (Å²) in [7, 11) is 0. The lowest BCUT2D eigenvalue weighted by molar-refractivity contribution is 0.438. The minimum Gasteiger partial charge on any atom is -0.310 e. The highest BCUT2D eigenvalue weighted by Crippen LogP contribution is 2.32. The first-order valence-electron chi connectivity index (χ1n) is 5.39. The van der Waals surface area contributed by atoms with Crippen LogP contribution in [0.1, 0.15) is 30.0 Å². The van der Waals surface area contributed by atoms with Crippen molar-refractivity contribution in [1.82, 2.24) is 5.32 Å². The maximum absolute atomic E-state index is 12.0. The van der Waals surface area contributed by atoms with E-state index in [1.54, 1.807) is 0 Å². The normalized spacial score (nSPS) is 19.2. The molecule has 0 heterocycles. The molecule has 1 unspecified atom stereocenters. The van der Waals surface area contributed by atoms with Crippen molar-refractivity contribution in [3.05, 3.63) is 34.3 Å². The fraction of sp³-hybridized carbons (Fsp3) is 0.500. The van der Waals surface area contributed by atoms with Crippen molar-refractivity contribution < 1.29 is 4.39 Å². The summed E-state index contributed by atoms with van der Waals surface area (Å²) < 4.78 is 12.0. The Kier molecular flexibility index (Phi) is 3.60. The number of aryl methyl sites for hydroxylation is 1. The van der Waals surface area contributed by atoms with E-state index >= 15 is 0 Å². The number of nitrogens with one attached hydrogen (secondary N) is 1. The molecule has 3 heteroatoms. The summed E-state index contributed by atoms with van der Waals surface area (Å²) in [4.78, 5) is 0. The van der Waals surface area contributed by atoms with Crippen LogP contribution in [-0.4, -0.2) is 13.2 Å². The number of alkyl halides is 1. The first-order valence-corrected chi connectivity index (χ1v) is 5.76. The zero-order valence-corrected chi connectivity index (χ0v) is 9.36. The Morgan fingerprint density at radius 1 is 1.47 bits per heavy atom. The second-order valence-corrected chi connectivity index (χ2v) is 4.37. The average molecular weight is 228 g/mol. The molecule has 0 saturated carbocycles. The second kappa shape index (κ2) is 4.95. The van der Waals surface area contributed by atoms with Gasteiger partial charge in [-0.3, -0.25) is 4.39 Å². The smallest absolute Gasteiger partial charge is 0.0906 e. The lowest BCUT2D eigenvalue weighted by Gasteiger charge is -2.13. The molecule has 0 amide bonds. The van der Waals surface area contributed by atoms with Crippen molar-refractivity contribution in [1.29, 1.82) is 0 Å². The third-order valence-corrected chi connectivity index (χ3v) is 3.12. The summed E-state index contributed by atoms with van der Waals surface area (Å²) in [5, 5.41) is 4.15. The van der Waals surface area contributed by atoms with Gasteiger partial charge in [0.2, 0.25) is 0 Å². The van der Waals surface area contributed by atoms with Crippen LogP contribution >= 0.6 is 11.6 Å². The fourth-order valence-electron chi connectivity index (χ4n) is 2.13. The third-order valence-electron chi connectivity index (χ3n) is 2.89. The summed E-state index contributed by atoms with van der Waals surface area (Å²) in [6.45, 7) is 0.495. The number of hydrogen-bond acceptors (Lipinski definition) is 1. The van der Waals surface area contributed by atoms with Gasteiger partial charge in [-0.25, -0.2) is 0 Å². The van der Waals surface area contributed by atoms with Gasteiger partial charge in [-0.15, -0.1) is 0 Å². The minimum atomic E-state index is -0.248. The zero-order chi connectivity index (χ0) is 10.7. The number of rotatable bonds is 4. The van der Waals surface area contributed by atoms with Gasteiger partial charge in [0.1, 0.15) is 0 Å². The van der Waals surface area contributed by atoms with Gasteiger partial charge in [0.15, 0.2) is 0 Å². The lowest BCUT2D eigenvalue weighted by atomic mass is 10.1. The van der Waals surface area contributed by atoms with E-state index < -0.39 is 0 Å². The van der Waals surface area contributed by atoms with Crippen LogP contribution in [0.2, 0.25) is 5.02 Å². The van der Waals surface area contributed by atoms with Gasteiger partial charge < -0.3 is 5.32 Å². The van der Waals surface area contributed by atoms with Gasteiger partial charge in [-0.05, 0) is 49.1 Å². The molecule has 0 fully saturated rings. The van der Waals surface area contributed by atoms with Crippen molar-refractivity contribution in [2.75, 3.05) is 13.2 Å². The highest BCUT2D eigenvalue weighted by atomic mass is 35.5. The Balaban J connectivity index is 2.03. The molecular formula is C12H15ClFN. The molecule has 0 spiro atoms. The summed E-state index contributed by atoms with van der Waals surface area (Å²) in [6, 6.07) is 6.42. The molecule has 0 radical (unpaired) electrons. The van der Waals surface area contributed by atoms with E-state index in [-0.39, 0.29) is 6.67 Å². The number of hydrogen-bond donors (Lipinski definition) is 1. The Labute approximate surface area is 94.6 Å². The zero-order valence-electron chi connectivity index (χ0n) is 8.60. The van der Waals surface area contributed by atoms with Crippen LogP contribution in [0.5, 0.6) is 0 Å². The van der Waals surface area contributed by atoms with Gasteiger partial charge in [-0.2, -0.15) is 0 Å². The van der Waals surface area contributed by atoms with E-state index in [9.17, 15) is 4.39 Å². The van der Waals surface area contributed by atoms with Crippen LogP contribution in [0.3, 0.4) is 0 Å². The maximum Gasteiger partial charge on any atom is 0.0906 e. The molecule has 1 nitrogen and oxygen atoms in total. The molecule has 1 aromatic carbocycles. The van der Waals surface area contributed by atoms with Crippen molar-refractivity contribution in [3.63, 3.8) is 0 Å². The fourth-order valence-corrected chi connectivity index (χ4v) is 2.31. The SMILES string of the molecule is FCCCNC1CCc2ccc(Cl)cc21. The molecule has 1 aromatic rings. The molecule has 2 rings (SSSR count). The number of benzene rings is 1. The predicted molar refractivity (Wildman–Crippen MR) is 61.1 cm³/mol. The molecule has 0 aromatic heterocycles. The molecule has 82 valence electrons. The van der Waals surface area contributed by atoms with Crippen LogP contribution < -0.4 is 5.32 Å². The molecule has 1 N–H and O–H groups in total. The summed E-state index contributed by atoms with van der Waals surface area (Å²) in [5.41, 5.74) is 2.67. The first kappa shape index (κ1) is 10.9. The molecular weight excluding hydrogens is 213 g/mol. The van der Waals surface area contributed by atoms with E-state index in [0.717, 1.165) is 24.4 Å². The molecule has 15 heavy (non-hydrogen) atoms. The largest absolute Gasteiger partial charge is 0.310 e. The Bertz CT molecular complexity index is 340. The first-order chi connectivity index (χ1) is 7.31. The van der Waals surface area contributed by atoms with Gasteiger partial charge in [-0.1, -0.05) is 17.7 Å². The van der Waals surface area contributed by atoms with E-state index in [0.29, 0.717) is 12.5 Å². The molecule has 0 bridgehead atoms. The standard InChI is InChI=1S/C12H15ClFN/c13-10-4-2-9-3-5-12(11(9)8-10)15-7-1-6-14/h2,4,8,12,15H,1,3,5-7H2. The van der Waals surface area contributed by atoms with Gasteiger partial charge >= 0.3 is 0 Å². The third kappa shape index (κ3) is 2.50. The van der Waals surface area contributed by atoms with Gasteiger partial charge in [0.25, 0.3) is 0 Å². The van der Waals surface area contributed by atoms with Crippen LogP contribution in [0.4, 0.5) is 4.39 Å². The lowest BCUT2D eigenvalue weighted by Crippen LogP contribution is -2.20. The van der Waals surface area contributed by atoms with E-state index in [4.69, 9.17) is 11.6 Å². The van der Waals surface area contributed by atoms with Crippen molar-refractivity contribution in [2.24, 2.45) is 0 Å². The predicted octanol–water partition coefficient (Wildman–Crippen LogP) is 3.28. The second-order valence-electron chi connectivity index (χ2n) is 3.93. The molecule has 0 aliphatic heterocycles. The number of fused-ring (bicyclic) bond motifs is 1. The van der Waals surface area contributed by atoms with Crippen LogP contribution in [0.25, 0.3) is 0 Å². The highest BCUT2D eigenvalue weighted by molar-refractivity contribution is 6.30. The Hall–Kier alpha value is -0.600. The summed E-state index contributed by atoms with van der Waals surface area (Å²) in [5.74, 6) is 0. The minimum absolute atomic E-state index is 0.248.